The van der Waals surface area contributed by atoms with E-state index in [4.69, 9.17) is 4.74 Å². The van der Waals surface area contributed by atoms with Gasteiger partial charge in [0.05, 0.1) is 13.7 Å². The molecule has 1 aromatic rings. The SMILES string of the molecule is CCCNC(=O)C1CCN(CC(=O)NCCc2ccc(OC)cc2)CC1. The lowest BCUT2D eigenvalue weighted by atomic mass is 9.96. The number of ether oxygens (including phenoxy) is 1. The van der Waals surface area contributed by atoms with Crippen molar-refractivity contribution in [2.45, 2.75) is 32.6 Å². The minimum atomic E-state index is 0.0485. The van der Waals surface area contributed by atoms with Gasteiger partial charge in [0, 0.05) is 19.0 Å². The van der Waals surface area contributed by atoms with Crippen molar-refractivity contribution in [1.29, 1.82) is 0 Å². The molecule has 2 rings (SSSR count). The van der Waals surface area contributed by atoms with Gasteiger partial charge in [-0.1, -0.05) is 19.1 Å². The molecule has 0 aliphatic carbocycles. The summed E-state index contributed by atoms with van der Waals surface area (Å²) in [6, 6.07) is 7.88. The van der Waals surface area contributed by atoms with Gasteiger partial charge in [-0.15, -0.1) is 0 Å². The van der Waals surface area contributed by atoms with E-state index >= 15 is 0 Å². The average Bonchev–Trinajstić information content (AvgIpc) is 2.67. The molecule has 1 aliphatic heterocycles. The van der Waals surface area contributed by atoms with Gasteiger partial charge in [0.25, 0.3) is 0 Å². The number of methoxy groups -OCH3 is 1. The van der Waals surface area contributed by atoms with Crippen LogP contribution in [0.1, 0.15) is 31.7 Å². The van der Waals surface area contributed by atoms with Gasteiger partial charge >= 0.3 is 0 Å². The summed E-state index contributed by atoms with van der Waals surface area (Å²) in [5.41, 5.74) is 1.17. The summed E-state index contributed by atoms with van der Waals surface area (Å²) in [4.78, 5) is 26.2. The van der Waals surface area contributed by atoms with Crippen molar-refractivity contribution in [2.75, 3.05) is 39.8 Å². The van der Waals surface area contributed by atoms with Crippen molar-refractivity contribution in [3.8, 4) is 5.75 Å². The number of rotatable bonds is 9. The molecular formula is C20H31N3O3. The Bertz CT molecular complexity index is 566. The van der Waals surface area contributed by atoms with Crippen molar-refractivity contribution in [2.24, 2.45) is 5.92 Å². The first kappa shape index (κ1) is 20.2. The van der Waals surface area contributed by atoms with Crippen LogP contribution >= 0.6 is 0 Å². The minimum Gasteiger partial charge on any atom is -0.497 e. The summed E-state index contributed by atoms with van der Waals surface area (Å²) in [6.45, 7) is 5.44. The highest BCUT2D eigenvalue weighted by Crippen LogP contribution is 2.17. The molecule has 1 aliphatic rings. The number of carbonyl (C=O) groups is 2. The first-order chi connectivity index (χ1) is 12.6. The Kier molecular flexibility index (Phi) is 8.41. The molecule has 26 heavy (non-hydrogen) atoms. The fourth-order valence-corrected chi connectivity index (χ4v) is 3.14. The number of likely N-dealkylation sites (tertiary alicyclic amines) is 1. The van der Waals surface area contributed by atoms with Gasteiger partial charge in [-0.3, -0.25) is 14.5 Å². The van der Waals surface area contributed by atoms with Gasteiger partial charge in [0.2, 0.25) is 11.8 Å². The molecule has 0 spiro atoms. The molecule has 6 nitrogen and oxygen atoms in total. The number of benzene rings is 1. The number of piperidine rings is 1. The van der Waals surface area contributed by atoms with Gasteiger partial charge in [-0.05, 0) is 56.5 Å². The molecule has 1 aromatic carbocycles. The molecule has 6 heteroatoms. The number of carbonyl (C=O) groups excluding carboxylic acids is 2. The molecule has 0 radical (unpaired) electrons. The fraction of sp³-hybridized carbons (Fsp3) is 0.600. The lowest BCUT2D eigenvalue weighted by Gasteiger charge is -2.30. The Morgan fingerprint density at radius 3 is 2.42 bits per heavy atom. The maximum Gasteiger partial charge on any atom is 0.234 e. The quantitative estimate of drug-likeness (QED) is 0.701. The molecule has 1 saturated heterocycles. The van der Waals surface area contributed by atoms with Gasteiger partial charge in [0.15, 0.2) is 0 Å². The van der Waals surface area contributed by atoms with E-state index in [1.165, 1.54) is 5.56 Å². The van der Waals surface area contributed by atoms with Crippen LogP contribution in [0, 0.1) is 5.92 Å². The topological polar surface area (TPSA) is 70.7 Å². The Hall–Kier alpha value is -2.08. The third kappa shape index (κ3) is 6.67. The standard InChI is InChI=1S/C20H31N3O3/c1-3-11-22-20(25)17-9-13-23(14-10-17)15-19(24)21-12-8-16-4-6-18(26-2)7-5-16/h4-7,17H,3,8-15H2,1-2H3,(H,21,24)(H,22,25). The van der Waals surface area contributed by atoms with Crippen LogP contribution in [0.5, 0.6) is 5.75 Å². The highest BCUT2D eigenvalue weighted by molar-refractivity contribution is 5.79. The number of amides is 2. The second kappa shape index (κ2) is 10.8. The van der Waals surface area contributed by atoms with E-state index < -0.39 is 0 Å². The summed E-state index contributed by atoms with van der Waals surface area (Å²) in [7, 11) is 1.65. The summed E-state index contributed by atoms with van der Waals surface area (Å²) in [5.74, 6) is 1.14. The lowest BCUT2D eigenvalue weighted by Crippen LogP contribution is -2.44. The Morgan fingerprint density at radius 2 is 1.81 bits per heavy atom. The van der Waals surface area contributed by atoms with Crippen molar-refractivity contribution in [3.05, 3.63) is 29.8 Å². The number of hydrogen-bond acceptors (Lipinski definition) is 4. The van der Waals surface area contributed by atoms with Crippen LogP contribution in [-0.2, 0) is 16.0 Å². The second-order valence-corrected chi connectivity index (χ2v) is 6.79. The summed E-state index contributed by atoms with van der Waals surface area (Å²) in [5, 5.41) is 5.94. The molecular weight excluding hydrogens is 330 g/mol. The van der Waals surface area contributed by atoms with Gasteiger partial charge < -0.3 is 15.4 Å². The molecule has 1 fully saturated rings. The number of hydrogen-bond donors (Lipinski definition) is 2. The van der Waals surface area contributed by atoms with E-state index in [1.54, 1.807) is 7.11 Å². The molecule has 2 N–H and O–H groups in total. The molecule has 0 saturated carbocycles. The van der Waals surface area contributed by atoms with E-state index in [0.29, 0.717) is 13.1 Å². The maximum atomic E-state index is 12.1. The van der Waals surface area contributed by atoms with Crippen LogP contribution in [0.4, 0.5) is 0 Å². The van der Waals surface area contributed by atoms with Crippen LogP contribution in [0.25, 0.3) is 0 Å². The van der Waals surface area contributed by atoms with E-state index in [9.17, 15) is 9.59 Å². The Balaban J connectivity index is 1.62. The van der Waals surface area contributed by atoms with Gasteiger partial charge in [-0.2, -0.15) is 0 Å². The molecule has 0 atom stereocenters. The van der Waals surface area contributed by atoms with Crippen LogP contribution < -0.4 is 15.4 Å². The predicted molar refractivity (Wildman–Crippen MR) is 102 cm³/mol. The van der Waals surface area contributed by atoms with Crippen molar-refractivity contribution < 1.29 is 14.3 Å². The summed E-state index contributed by atoms with van der Waals surface area (Å²) in [6.07, 6.45) is 3.42. The first-order valence-corrected chi connectivity index (χ1v) is 9.52. The molecule has 144 valence electrons. The molecule has 2 amide bonds. The zero-order chi connectivity index (χ0) is 18.8. The zero-order valence-electron chi connectivity index (χ0n) is 15.9. The molecule has 0 aromatic heterocycles. The van der Waals surface area contributed by atoms with E-state index in [1.807, 2.05) is 24.3 Å². The van der Waals surface area contributed by atoms with Crippen LogP contribution in [-0.4, -0.2) is 56.5 Å². The number of nitrogens with zero attached hydrogens (tertiary/aromatic N) is 1. The molecule has 1 heterocycles. The van der Waals surface area contributed by atoms with E-state index in [0.717, 1.165) is 51.1 Å². The van der Waals surface area contributed by atoms with Crippen molar-refractivity contribution in [3.63, 3.8) is 0 Å². The monoisotopic (exact) mass is 361 g/mol. The Labute approximate surface area is 156 Å². The fourth-order valence-electron chi connectivity index (χ4n) is 3.14. The normalized spacial score (nSPS) is 15.5. The van der Waals surface area contributed by atoms with Gasteiger partial charge in [0.1, 0.15) is 5.75 Å². The lowest BCUT2D eigenvalue weighted by molar-refractivity contribution is -0.126. The third-order valence-corrected chi connectivity index (χ3v) is 4.77. The smallest absolute Gasteiger partial charge is 0.234 e. The highest BCUT2D eigenvalue weighted by Gasteiger charge is 2.25. The first-order valence-electron chi connectivity index (χ1n) is 9.52. The van der Waals surface area contributed by atoms with Crippen LogP contribution in [0.3, 0.4) is 0 Å². The second-order valence-electron chi connectivity index (χ2n) is 6.79. The van der Waals surface area contributed by atoms with Gasteiger partial charge in [-0.25, -0.2) is 0 Å². The largest absolute Gasteiger partial charge is 0.497 e. The minimum absolute atomic E-state index is 0.0485. The van der Waals surface area contributed by atoms with Crippen LogP contribution in [0.2, 0.25) is 0 Å². The average molecular weight is 361 g/mol. The predicted octanol–water partition coefficient (Wildman–Crippen LogP) is 1.59. The third-order valence-electron chi connectivity index (χ3n) is 4.77. The summed E-state index contributed by atoms with van der Waals surface area (Å²) < 4.78 is 5.14. The highest BCUT2D eigenvalue weighted by atomic mass is 16.5. The molecule has 0 unspecified atom stereocenters. The zero-order valence-corrected chi connectivity index (χ0v) is 15.9. The van der Waals surface area contributed by atoms with E-state index in [2.05, 4.69) is 22.5 Å². The van der Waals surface area contributed by atoms with E-state index in [-0.39, 0.29) is 17.7 Å². The maximum absolute atomic E-state index is 12.1. The van der Waals surface area contributed by atoms with Crippen molar-refractivity contribution in [1.82, 2.24) is 15.5 Å². The molecule has 0 bridgehead atoms. The summed E-state index contributed by atoms with van der Waals surface area (Å²) >= 11 is 0. The van der Waals surface area contributed by atoms with Crippen LogP contribution in [0.15, 0.2) is 24.3 Å². The Morgan fingerprint density at radius 1 is 1.12 bits per heavy atom. The van der Waals surface area contributed by atoms with Crippen molar-refractivity contribution >= 4 is 11.8 Å². The number of nitrogens with one attached hydrogen (secondary N) is 2.